The largest absolute Gasteiger partial charge is 0.423 e. The van der Waals surface area contributed by atoms with Crippen molar-refractivity contribution < 1.29 is 18.0 Å². The Kier molecular flexibility index (Phi) is 5.17. The van der Waals surface area contributed by atoms with Crippen LogP contribution >= 0.6 is 11.5 Å². The Morgan fingerprint density at radius 3 is 2.62 bits per heavy atom. The molecule has 0 fully saturated rings. The number of carbonyl (C=O) groups excluding carboxylic acids is 1. The molecule has 2 N–H and O–H groups in total. The van der Waals surface area contributed by atoms with Crippen molar-refractivity contribution in [1.29, 1.82) is 5.26 Å². The molecule has 0 atom stereocenters. The third kappa shape index (κ3) is 3.59. The number of halogens is 3. The molecule has 1 amide bonds. The van der Waals surface area contributed by atoms with Crippen molar-refractivity contribution in [2.24, 2.45) is 10.2 Å². The van der Waals surface area contributed by atoms with Crippen molar-refractivity contribution >= 4 is 42.4 Å². The van der Waals surface area contributed by atoms with E-state index in [0.717, 1.165) is 17.4 Å². The van der Waals surface area contributed by atoms with Gasteiger partial charge in [0.25, 0.3) is 11.5 Å². The number of amides is 1. The smallest absolute Gasteiger partial charge is 0.320 e. The molecule has 26 heavy (non-hydrogen) atoms. The minimum atomic E-state index is -4.99. The summed E-state index contributed by atoms with van der Waals surface area (Å²) in [6.07, 6.45) is -3.92. The molecule has 0 aromatic carbocycles. The molecule has 0 aliphatic carbocycles. The molecule has 13 heteroatoms. The summed E-state index contributed by atoms with van der Waals surface area (Å²) in [6.45, 7) is 6.43. The van der Waals surface area contributed by atoms with Crippen molar-refractivity contribution in [3.05, 3.63) is 38.6 Å². The lowest BCUT2D eigenvalue weighted by molar-refractivity contribution is -0.138. The van der Waals surface area contributed by atoms with Crippen LogP contribution < -0.4 is 16.0 Å². The van der Waals surface area contributed by atoms with E-state index in [4.69, 9.17) is 5.26 Å². The van der Waals surface area contributed by atoms with Gasteiger partial charge in [-0.3, -0.25) is 14.0 Å². The second-order valence-corrected chi connectivity index (χ2v) is 5.29. The minimum Gasteiger partial charge on any atom is -0.320 e. The molecule has 0 unspecified atom stereocenters. The van der Waals surface area contributed by atoms with Gasteiger partial charge in [0.2, 0.25) is 0 Å². The molecule has 0 saturated heterocycles. The first-order chi connectivity index (χ1) is 12.2. The second kappa shape index (κ2) is 7.15. The summed E-state index contributed by atoms with van der Waals surface area (Å²) < 4.78 is 40.5. The molecule has 9 nitrogen and oxygen atoms in total. The topological polar surface area (TPSA) is 127 Å². The molecule has 0 radical (unpaired) electrons. The Labute approximate surface area is 147 Å². The van der Waals surface area contributed by atoms with Crippen molar-refractivity contribution in [2.75, 3.05) is 10.4 Å². The van der Waals surface area contributed by atoms with E-state index < -0.39 is 28.1 Å². The van der Waals surface area contributed by atoms with E-state index in [-0.39, 0.29) is 28.6 Å². The lowest BCUT2D eigenvalue weighted by Gasteiger charge is -2.13. The van der Waals surface area contributed by atoms with Gasteiger partial charge in [-0.05, 0) is 6.07 Å². The lowest BCUT2D eigenvalue weighted by Crippen LogP contribution is -2.22. The van der Waals surface area contributed by atoms with Crippen LogP contribution in [-0.4, -0.2) is 28.7 Å². The lowest BCUT2D eigenvalue weighted by atomic mass is 10.2. The maximum atomic E-state index is 12.9. The van der Waals surface area contributed by atoms with Crippen molar-refractivity contribution in [3.8, 4) is 6.07 Å². The van der Waals surface area contributed by atoms with Crippen LogP contribution in [0.15, 0.2) is 27.3 Å². The van der Waals surface area contributed by atoms with Gasteiger partial charge in [-0.2, -0.15) is 28.6 Å². The summed E-state index contributed by atoms with van der Waals surface area (Å²) in [5.74, 6) is -1.22. The Hall–Kier alpha value is -3.53. The Balaban J connectivity index is 2.37. The number of aromatic amines is 1. The fraction of sp³-hybridized carbons (Fsp3) is 0.0769. The summed E-state index contributed by atoms with van der Waals surface area (Å²) in [5.41, 5.74) is -3.18. The zero-order valence-corrected chi connectivity index (χ0v) is 13.5. The fourth-order valence-corrected chi connectivity index (χ4v) is 2.61. The second-order valence-electron chi connectivity index (χ2n) is 4.47. The van der Waals surface area contributed by atoms with E-state index in [9.17, 15) is 22.8 Å². The number of nitrogens with zero attached hydrogens (tertiary/aromatic N) is 5. The van der Waals surface area contributed by atoms with Gasteiger partial charge >= 0.3 is 6.18 Å². The van der Waals surface area contributed by atoms with E-state index in [0.29, 0.717) is 0 Å². The predicted molar refractivity (Wildman–Crippen MR) is 88.4 cm³/mol. The van der Waals surface area contributed by atoms with Crippen molar-refractivity contribution in [3.63, 3.8) is 0 Å². The number of nitriles is 1. The van der Waals surface area contributed by atoms with E-state index >= 15 is 0 Å². The van der Waals surface area contributed by atoms with Gasteiger partial charge in [0, 0.05) is 13.4 Å². The highest BCUT2D eigenvalue weighted by Gasteiger charge is 2.40. The van der Waals surface area contributed by atoms with Crippen molar-refractivity contribution in [2.45, 2.75) is 6.18 Å². The number of nitrogens with one attached hydrogen (secondary N) is 2. The van der Waals surface area contributed by atoms with Crippen LogP contribution in [0.1, 0.15) is 20.8 Å². The molecule has 2 aromatic rings. The fourth-order valence-electron chi connectivity index (χ4n) is 1.85. The predicted octanol–water partition coefficient (Wildman–Crippen LogP) is 2.01. The molecule has 2 aromatic heterocycles. The number of carbonyl (C=O) groups is 1. The highest BCUT2D eigenvalue weighted by molar-refractivity contribution is 7.08. The van der Waals surface area contributed by atoms with Gasteiger partial charge in [-0.1, -0.05) is 11.5 Å². The third-order valence-electron chi connectivity index (χ3n) is 2.89. The average molecular weight is 383 g/mol. The highest BCUT2D eigenvalue weighted by atomic mass is 32.1. The van der Waals surface area contributed by atoms with Gasteiger partial charge < -0.3 is 5.32 Å². The first kappa shape index (κ1) is 18.8. The van der Waals surface area contributed by atoms with Gasteiger partial charge in [0.05, 0.1) is 11.9 Å². The molecule has 0 saturated carbocycles. The quantitative estimate of drug-likeness (QED) is 0.603. The Morgan fingerprint density at radius 1 is 1.42 bits per heavy atom. The van der Waals surface area contributed by atoms with Crippen LogP contribution in [0.5, 0.6) is 0 Å². The zero-order valence-electron chi connectivity index (χ0n) is 12.7. The maximum absolute atomic E-state index is 12.9. The first-order valence-corrected chi connectivity index (χ1v) is 7.28. The molecule has 0 bridgehead atoms. The van der Waals surface area contributed by atoms with E-state index in [1.807, 2.05) is 4.37 Å². The third-order valence-corrected chi connectivity index (χ3v) is 3.77. The summed E-state index contributed by atoms with van der Waals surface area (Å²) >= 11 is 0.246. The summed E-state index contributed by atoms with van der Waals surface area (Å²) in [4.78, 5) is 26.4. The summed E-state index contributed by atoms with van der Waals surface area (Å²) in [7, 11) is 0. The van der Waals surface area contributed by atoms with Gasteiger partial charge in [0.1, 0.15) is 22.1 Å². The van der Waals surface area contributed by atoms with Gasteiger partial charge in [0.15, 0.2) is 5.82 Å². The SMILES string of the molecule is C=NN(N=C)c1ncc(NC(=O)c2s[nH]c(=O)c2C(F)(F)F)cc1C#N. The van der Waals surface area contributed by atoms with Crippen LogP contribution in [0, 0.1) is 11.3 Å². The molecule has 0 aliphatic rings. The number of hydrazone groups is 2. The molecule has 0 aliphatic heterocycles. The Bertz CT molecular complexity index is 965. The zero-order chi connectivity index (χ0) is 19.5. The molecule has 0 spiro atoms. The molecule has 134 valence electrons. The minimum absolute atomic E-state index is 0.0437. The number of rotatable bonds is 5. The van der Waals surface area contributed by atoms with E-state index in [1.54, 1.807) is 6.07 Å². The number of alkyl halides is 3. The van der Waals surface area contributed by atoms with E-state index in [2.05, 4.69) is 33.9 Å². The van der Waals surface area contributed by atoms with E-state index in [1.165, 1.54) is 0 Å². The highest BCUT2D eigenvalue weighted by Crippen LogP contribution is 2.31. The average Bonchev–Trinajstić information content (AvgIpc) is 2.99. The normalized spacial score (nSPS) is 10.7. The monoisotopic (exact) mass is 383 g/mol. The van der Waals surface area contributed by atoms with Gasteiger partial charge in [-0.15, -0.1) is 5.12 Å². The number of H-pyrrole nitrogens is 1. The molecule has 2 rings (SSSR count). The maximum Gasteiger partial charge on any atom is 0.423 e. The number of aromatic nitrogens is 2. The van der Waals surface area contributed by atoms with Crippen LogP contribution in [0.3, 0.4) is 0 Å². The number of hydrogen-bond acceptors (Lipinski definition) is 8. The summed E-state index contributed by atoms with van der Waals surface area (Å²) in [6, 6.07) is 2.92. The first-order valence-electron chi connectivity index (χ1n) is 6.46. The number of hydrogen-bond donors (Lipinski definition) is 2. The Morgan fingerprint density at radius 2 is 2.08 bits per heavy atom. The van der Waals surface area contributed by atoms with Crippen LogP contribution in [-0.2, 0) is 6.18 Å². The van der Waals surface area contributed by atoms with Crippen molar-refractivity contribution in [1.82, 2.24) is 9.36 Å². The number of pyridine rings is 1. The molecular formula is C13H8F3N7O2S. The summed E-state index contributed by atoms with van der Waals surface area (Å²) in [5, 5.41) is 19.1. The van der Waals surface area contributed by atoms with Crippen LogP contribution in [0.2, 0.25) is 0 Å². The molecular weight excluding hydrogens is 375 g/mol. The number of anilines is 2. The van der Waals surface area contributed by atoms with Gasteiger partial charge in [-0.25, -0.2) is 4.98 Å². The van der Waals surface area contributed by atoms with Crippen LogP contribution in [0.25, 0.3) is 0 Å². The van der Waals surface area contributed by atoms with Crippen LogP contribution in [0.4, 0.5) is 24.7 Å². The molecule has 2 heterocycles. The standard InChI is InChI=1S/C13H8F3N7O2S/c1-18-23(19-2)10-6(4-17)3-7(5-20-10)21-12(25)9-8(13(14,15)16)11(24)22-26-9/h3,5H,1-2H2,(H,21,25)(H,22,24).